The molecule has 5 nitrogen and oxygen atoms in total. The van der Waals surface area contributed by atoms with E-state index < -0.39 is 5.92 Å². The summed E-state index contributed by atoms with van der Waals surface area (Å²) >= 11 is 0. The van der Waals surface area contributed by atoms with Crippen molar-refractivity contribution in [1.82, 2.24) is 5.32 Å². The molecule has 3 N–H and O–H groups in total. The number of nitrogens with zero attached hydrogens (tertiary/aromatic N) is 1. The summed E-state index contributed by atoms with van der Waals surface area (Å²) in [5, 5.41) is 3.09. The van der Waals surface area contributed by atoms with Crippen molar-refractivity contribution >= 4 is 23.2 Å². The van der Waals surface area contributed by atoms with E-state index in [-0.39, 0.29) is 17.7 Å². The number of rotatable bonds is 5. The highest BCUT2D eigenvalue weighted by Crippen LogP contribution is 2.36. The van der Waals surface area contributed by atoms with Crippen molar-refractivity contribution in [3.8, 4) is 0 Å². The van der Waals surface area contributed by atoms with Crippen molar-refractivity contribution in [3.05, 3.63) is 71.4 Å². The second-order valence-corrected chi connectivity index (χ2v) is 7.25. The van der Waals surface area contributed by atoms with Crippen LogP contribution >= 0.6 is 0 Å². The van der Waals surface area contributed by atoms with E-state index in [1.165, 1.54) is 0 Å². The van der Waals surface area contributed by atoms with E-state index in [0.717, 1.165) is 22.5 Å². The monoisotopic (exact) mass is 377 g/mol. The molecule has 0 aromatic heterocycles. The van der Waals surface area contributed by atoms with Crippen LogP contribution in [0.4, 0.5) is 11.4 Å². The fourth-order valence-electron chi connectivity index (χ4n) is 3.89. The van der Waals surface area contributed by atoms with Crippen LogP contribution in [-0.4, -0.2) is 18.4 Å². The Morgan fingerprint density at radius 1 is 1.04 bits per heavy atom. The van der Waals surface area contributed by atoms with Gasteiger partial charge in [-0.2, -0.15) is 0 Å². The predicted octanol–water partition coefficient (Wildman–Crippen LogP) is 3.58. The van der Waals surface area contributed by atoms with Crippen LogP contribution in [0.5, 0.6) is 0 Å². The van der Waals surface area contributed by atoms with E-state index in [9.17, 15) is 9.59 Å². The van der Waals surface area contributed by atoms with Gasteiger partial charge in [0.1, 0.15) is 0 Å². The molecule has 1 aliphatic rings. The SMILES string of the molecule is CCC1C(C(=O)N(c2ccccc2C)c2ccccc2C)=CNCC1C(N)=O. The number of aryl methyl sites for hydroxylation is 2. The fraction of sp³-hybridized carbons (Fsp3) is 0.304. The number of hydrogen-bond donors (Lipinski definition) is 2. The predicted molar refractivity (Wildman–Crippen MR) is 112 cm³/mol. The summed E-state index contributed by atoms with van der Waals surface area (Å²) in [5.41, 5.74) is 9.87. The molecule has 2 amide bonds. The summed E-state index contributed by atoms with van der Waals surface area (Å²) in [4.78, 5) is 27.5. The Morgan fingerprint density at radius 3 is 2.04 bits per heavy atom. The van der Waals surface area contributed by atoms with Crippen LogP contribution in [0.1, 0.15) is 24.5 Å². The Labute approximate surface area is 166 Å². The van der Waals surface area contributed by atoms with E-state index in [4.69, 9.17) is 5.73 Å². The number of benzene rings is 2. The minimum Gasteiger partial charge on any atom is -0.390 e. The highest BCUT2D eigenvalue weighted by atomic mass is 16.2. The van der Waals surface area contributed by atoms with Crippen LogP contribution in [0, 0.1) is 25.7 Å². The molecule has 0 spiro atoms. The molecule has 0 saturated heterocycles. The van der Waals surface area contributed by atoms with Gasteiger partial charge in [-0.15, -0.1) is 0 Å². The summed E-state index contributed by atoms with van der Waals surface area (Å²) in [7, 11) is 0. The summed E-state index contributed by atoms with van der Waals surface area (Å²) in [6.07, 6.45) is 2.42. The molecule has 2 unspecified atom stereocenters. The molecule has 2 aromatic rings. The van der Waals surface area contributed by atoms with Crippen LogP contribution in [0.25, 0.3) is 0 Å². The van der Waals surface area contributed by atoms with Gasteiger partial charge in [-0.1, -0.05) is 43.3 Å². The molecule has 2 aromatic carbocycles. The number of carbonyl (C=O) groups excluding carboxylic acids is 2. The molecule has 3 rings (SSSR count). The summed E-state index contributed by atoms with van der Waals surface area (Å²) in [5.74, 6) is -1.11. The Hall–Kier alpha value is -3.08. The van der Waals surface area contributed by atoms with Gasteiger partial charge in [0.15, 0.2) is 0 Å². The zero-order valence-corrected chi connectivity index (χ0v) is 16.6. The largest absolute Gasteiger partial charge is 0.390 e. The lowest BCUT2D eigenvalue weighted by atomic mass is 9.80. The Kier molecular flexibility index (Phi) is 5.83. The van der Waals surface area contributed by atoms with Crippen molar-refractivity contribution in [1.29, 1.82) is 0 Å². The summed E-state index contributed by atoms with van der Waals surface area (Å²) in [6.45, 7) is 6.42. The first-order valence-electron chi connectivity index (χ1n) is 9.64. The maximum absolute atomic E-state index is 13.8. The van der Waals surface area contributed by atoms with Gasteiger partial charge in [-0.25, -0.2) is 0 Å². The lowest BCUT2D eigenvalue weighted by Crippen LogP contribution is -2.44. The Morgan fingerprint density at radius 2 is 1.57 bits per heavy atom. The normalized spacial score (nSPS) is 18.8. The Balaban J connectivity index is 2.12. The number of para-hydroxylation sites is 2. The maximum Gasteiger partial charge on any atom is 0.260 e. The number of hydrogen-bond acceptors (Lipinski definition) is 3. The van der Waals surface area contributed by atoms with Gasteiger partial charge in [-0.3, -0.25) is 14.5 Å². The first kappa shape index (κ1) is 19.7. The zero-order chi connectivity index (χ0) is 20.3. The third-order valence-electron chi connectivity index (χ3n) is 5.45. The highest BCUT2D eigenvalue weighted by molar-refractivity contribution is 6.12. The smallest absolute Gasteiger partial charge is 0.260 e. The van der Waals surface area contributed by atoms with Crippen LogP contribution < -0.4 is 16.0 Å². The molecule has 0 aliphatic carbocycles. The minimum atomic E-state index is -0.399. The second-order valence-electron chi connectivity index (χ2n) is 7.25. The van der Waals surface area contributed by atoms with Gasteiger partial charge in [0.25, 0.3) is 5.91 Å². The van der Waals surface area contributed by atoms with Crippen LogP contribution in [0.15, 0.2) is 60.3 Å². The molecule has 2 atom stereocenters. The lowest BCUT2D eigenvalue weighted by Gasteiger charge is -2.34. The summed E-state index contributed by atoms with van der Waals surface area (Å²) < 4.78 is 0. The molecule has 0 fully saturated rings. The molecule has 5 heteroatoms. The Bertz CT molecular complexity index is 874. The average molecular weight is 377 g/mol. The number of nitrogens with one attached hydrogen (secondary N) is 1. The zero-order valence-electron chi connectivity index (χ0n) is 16.6. The van der Waals surface area contributed by atoms with Gasteiger partial charge in [0, 0.05) is 24.2 Å². The van der Waals surface area contributed by atoms with E-state index in [2.05, 4.69) is 5.32 Å². The summed E-state index contributed by atoms with van der Waals surface area (Å²) in [6, 6.07) is 15.6. The van der Waals surface area contributed by atoms with Crippen molar-refractivity contribution < 1.29 is 9.59 Å². The molecular weight excluding hydrogens is 350 g/mol. The van der Waals surface area contributed by atoms with E-state index in [1.807, 2.05) is 69.3 Å². The average Bonchev–Trinajstić information content (AvgIpc) is 2.70. The molecular formula is C23H27N3O2. The fourth-order valence-corrected chi connectivity index (χ4v) is 3.89. The quantitative estimate of drug-likeness (QED) is 0.836. The van der Waals surface area contributed by atoms with Crippen molar-refractivity contribution in [3.63, 3.8) is 0 Å². The van der Waals surface area contributed by atoms with Crippen LogP contribution in [0.3, 0.4) is 0 Å². The molecule has 0 radical (unpaired) electrons. The van der Waals surface area contributed by atoms with E-state index >= 15 is 0 Å². The van der Waals surface area contributed by atoms with Crippen molar-refractivity contribution in [2.24, 2.45) is 17.6 Å². The number of amides is 2. The third kappa shape index (κ3) is 3.65. The molecule has 0 saturated carbocycles. The minimum absolute atomic E-state index is 0.131. The number of primary amides is 1. The van der Waals surface area contributed by atoms with Crippen molar-refractivity contribution in [2.75, 3.05) is 11.4 Å². The van der Waals surface area contributed by atoms with Gasteiger partial charge >= 0.3 is 0 Å². The van der Waals surface area contributed by atoms with E-state index in [1.54, 1.807) is 11.1 Å². The molecule has 28 heavy (non-hydrogen) atoms. The van der Waals surface area contributed by atoms with Gasteiger partial charge < -0.3 is 11.1 Å². The second kappa shape index (κ2) is 8.30. The molecule has 1 aliphatic heterocycles. The lowest BCUT2D eigenvalue weighted by molar-refractivity contribution is -0.123. The third-order valence-corrected chi connectivity index (χ3v) is 5.45. The first-order valence-corrected chi connectivity index (χ1v) is 9.64. The van der Waals surface area contributed by atoms with Gasteiger partial charge in [-0.05, 0) is 43.5 Å². The highest BCUT2D eigenvalue weighted by Gasteiger charge is 2.36. The first-order chi connectivity index (χ1) is 13.5. The number of nitrogens with two attached hydrogens (primary N) is 1. The standard InChI is InChI=1S/C23H27N3O2/c1-4-17-18(22(24)27)13-25-14-19(17)23(28)26(20-11-7-5-9-15(20)2)21-12-8-6-10-16(21)3/h5-12,14,17-18,25H,4,13H2,1-3H3,(H2,24,27). The number of carbonyl (C=O) groups is 2. The van der Waals surface area contributed by atoms with Crippen molar-refractivity contribution in [2.45, 2.75) is 27.2 Å². The van der Waals surface area contributed by atoms with Gasteiger partial charge in [0.05, 0.1) is 17.3 Å². The molecule has 146 valence electrons. The molecule has 0 bridgehead atoms. The number of anilines is 2. The van der Waals surface area contributed by atoms with Crippen LogP contribution in [-0.2, 0) is 9.59 Å². The van der Waals surface area contributed by atoms with Crippen LogP contribution in [0.2, 0.25) is 0 Å². The van der Waals surface area contributed by atoms with Gasteiger partial charge in [0.2, 0.25) is 5.91 Å². The topological polar surface area (TPSA) is 75.4 Å². The van der Waals surface area contributed by atoms with E-state index in [0.29, 0.717) is 18.5 Å². The maximum atomic E-state index is 13.8. The molecule has 1 heterocycles.